The van der Waals surface area contributed by atoms with Gasteiger partial charge in [0.05, 0.1) is 30.0 Å². The predicted molar refractivity (Wildman–Crippen MR) is 121 cm³/mol. The summed E-state index contributed by atoms with van der Waals surface area (Å²) in [6, 6.07) is 17.4. The molecule has 0 atom stereocenters. The van der Waals surface area contributed by atoms with Crippen molar-refractivity contribution in [3.8, 4) is 34.2 Å². The Morgan fingerprint density at radius 3 is 2.10 bits per heavy atom. The van der Waals surface area contributed by atoms with Gasteiger partial charge in [0.1, 0.15) is 5.69 Å². The van der Waals surface area contributed by atoms with Crippen LogP contribution < -0.4 is 4.74 Å². The summed E-state index contributed by atoms with van der Waals surface area (Å²) in [6.45, 7) is 7.27. The van der Waals surface area contributed by atoms with Crippen molar-refractivity contribution in [1.82, 2.24) is 4.98 Å². The number of aromatic nitrogens is 1. The Morgan fingerprint density at radius 1 is 1.07 bits per heavy atom. The number of pyridine rings is 1. The molecule has 30 heavy (non-hydrogen) atoms. The number of ketones is 1. The fourth-order valence-electron chi connectivity index (χ4n) is 3.39. The second kappa shape index (κ2) is 9.02. The number of nitrogens with zero attached hydrogens (tertiary/aromatic N) is 2. The van der Waals surface area contributed by atoms with E-state index in [1.165, 1.54) is 6.92 Å². The van der Waals surface area contributed by atoms with Gasteiger partial charge in [-0.25, -0.2) is 4.98 Å². The number of carbonyl (C=O) groups is 1. The number of Topliss-reactive ketones (excluding diaryl/α,β-unsaturated/α-hetero) is 1. The van der Waals surface area contributed by atoms with Gasteiger partial charge in [0, 0.05) is 11.1 Å². The number of methoxy groups -OCH3 is 1. The minimum Gasteiger partial charge on any atom is -0.494 e. The minimum absolute atomic E-state index is 0.106. The van der Waals surface area contributed by atoms with Crippen LogP contribution in [0.5, 0.6) is 5.75 Å². The largest absolute Gasteiger partial charge is 0.494 e. The number of hydrogen-bond acceptors (Lipinski definition) is 4. The molecule has 0 N–H and O–H groups in total. The van der Waals surface area contributed by atoms with Crippen molar-refractivity contribution in [2.75, 3.05) is 7.11 Å². The van der Waals surface area contributed by atoms with Gasteiger partial charge in [0.25, 0.3) is 0 Å². The van der Waals surface area contributed by atoms with Crippen LogP contribution in [-0.4, -0.2) is 17.9 Å². The molecule has 1 heterocycles. The zero-order valence-corrected chi connectivity index (χ0v) is 17.3. The van der Waals surface area contributed by atoms with Crippen LogP contribution in [0.25, 0.3) is 34.5 Å². The molecule has 0 aliphatic heterocycles. The summed E-state index contributed by atoms with van der Waals surface area (Å²) in [5, 5.41) is 8.97. The quantitative estimate of drug-likeness (QED) is 0.469. The van der Waals surface area contributed by atoms with Crippen molar-refractivity contribution in [2.24, 2.45) is 0 Å². The summed E-state index contributed by atoms with van der Waals surface area (Å²) in [7, 11) is 1.54. The molecule has 0 unspecified atom stereocenters. The Labute approximate surface area is 176 Å². The summed E-state index contributed by atoms with van der Waals surface area (Å²) in [5.41, 5.74) is 5.91. The number of ether oxygens (including phenoxy) is 1. The number of allylic oxidation sites excluding steroid dienone is 1. The second-order valence-corrected chi connectivity index (χ2v) is 6.69. The van der Waals surface area contributed by atoms with Gasteiger partial charge >= 0.3 is 0 Å². The van der Waals surface area contributed by atoms with Gasteiger partial charge < -0.3 is 4.74 Å². The number of carbonyl (C=O) groups excluding carboxylic acids is 1. The van der Waals surface area contributed by atoms with Gasteiger partial charge in [0.15, 0.2) is 11.5 Å². The van der Waals surface area contributed by atoms with Crippen LogP contribution in [0.2, 0.25) is 0 Å². The minimum atomic E-state index is -0.106. The third-order valence-electron chi connectivity index (χ3n) is 4.81. The molecule has 0 spiro atoms. The normalized spacial score (nSPS) is 10.6. The fraction of sp³-hybridized carbons (Fsp3) is 0.115. The van der Waals surface area contributed by atoms with E-state index in [1.54, 1.807) is 25.3 Å². The van der Waals surface area contributed by atoms with Gasteiger partial charge in [-0.1, -0.05) is 55.1 Å². The molecule has 4 heteroatoms. The van der Waals surface area contributed by atoms with Gasteiger partial charge in [-0.15, -0.1) is 0 Å². The topological polar surface area (TPSA) is 63.0 Å². The Hall–Kier alpha value is -3.97. The molecule has 2 aromatic carbocycles. The van der Waals surface area contributed by atoms with Crippen LogP contribution >= 0.6 is 0 Å². The Bertz CT molecular complexity index is 1170. The third-order valence-corrected chi connectivity index (χ3v) is 4.81. The molecule has 3 aromatic rings. The van der Waals surface area contributed by atoms with E-state index in [-0.39, 0.29) is 5.78 Å². The zero-order chi connectivity index (χ0) is 21.7. The molecule has 0 amide bonds. The lowest BCUT2D eigenvalue weighted by Crippen LogP contribution is -2.07. The van der Waals surface area contributed by atoms with Crippen molar-refractivity contribution in [2.45, 2.75) is 13.8 Å². The van der Waals surface area contributed by atoms with Crippen molar-refractivity contribution < 1.29 is 9.53 Å². The van der Waals surface area contributed by atoms with E-state index in [2.05, 4.69) is 12.6 Å². The average molecular weight is 394 g/mol. The Morgan fingerprint density at radius 2 is 1.63 bits per heavy atom. The fourth-order valence-corrected chi connectivity index (χ4v) is 3.39. The maximum absolute atomic E-state index is 12.4. The SMILES string of the molecule is C=Cc1c(/C=C\C)nc(-c2ccc(-c3ccc(C#N)cc3)cc2)c(OC)c1C(C)=O. The Balaban J connectivity index is 2.15. The summed E-state index contributed by atoms with van der Waals surface area (Å²) < 4.78 is 5.62. The number of benzene rings is 2. The zero-order valence-electron chi connectivity index (χ0n) is 17.3. The highest BCUT2D eigenvalue weighted by atomic mass is 16.5. The van der Waals surface area contributed by atoms with E-state index >= 15 is 0 Å². The lowest BCUT2D eigenvalue weighted by molar-refractivity contribution is 0.101. The van der Waals surface area contributed by atoms with Crippen LogP contribution in [-0.2, 0) is 0 Å². The summed E-state index contributed by atoms with van der Waals surface area (Å²) >= 11 is 0. The van der Waals surface area contributed by atoms with Gasteiger partial charge in [-0.2, -0.15) is 5.26 Å². The predicted octanol–water partition coefficient (Wildman–Crippen LogP) is 6.17. The number of hydrogen-bond donors (Lipinski definition) is 0. The van der Waals surface area contributed by atoms with E-state index < -0.39 is 0 Å². The first-order valence-electron chi connectivity index (χ1n) is 9.53. The average Bonchev–Trinajstić information content (AvgIpc) is 2.78. The maximum atomic E-state index is 12.4. The first-order chi connectivity index (χ1) is 14.5. The van der Waals surface area contributed by atoms with E-state index in [9.17, 15) is 4.79 Å². The molecule has 0 bridgehead atoms. The monoisotopic (exact) mass is 394 g/mol. The van der Waals surface area contributed by atoms with Gasteiger partial charge in [0.2, 0.25) is 0 Å². The molecular formula is C26H22N2O2. The van der Waals surface area contributed by atoms with E-state index in [4.69, 9.17) is 15.0 Å². The summed E-state index contributed by atoms with van der Waals surface area (Å²) in [5.74, 6) is 0.335. The van der Waals surface area contributed by atoms with Gasteiger partial charge in [-0.05, 0) is 43.2 Å². The molecule has 0 fully saturated rings. The molecule has 0 saturated heterocycles. The smallest absolute Gasteiger partial charge is 0.164 e. The molecule has 148 valence electrons. The van der Waals surface area contributed by atoms with E-state index in [0.717, 1.165) is 16.7 Å². The van der Waals surface area contributed by atoms with Crippen LogP contribution in [0.1, 0.15) is 41.0 Å². The molecular weight excluding hydrogens is 372 g/mol. The highest BCUT2D eigenvalue weighted by molar-refractivity contribution is 6.03. The lowest BCUT2D eigenvalue weighted by atomic mass is 9.96. The summed E-state index contributed by atoms with van der Waals surface area (Å²) in [4.78, 5) is 17.2. The van der Waals surface area contributed by atoms with Crippen molar-refractivity contribution in [1.29, 1.82) is 5.26 Å². The van der Waals surface area contributed by atoms with Crippen LogP contribution in [0, 0.1) is 11.3 Å². The third kappa shape index (κ3) is 3.92. The van der Waals surface area contributed by atoms with Crippen LogP contribution in [0.15, 0.2) is 61.2 Å². The lowest BCUT2D eigenvalue weighted by Gasteiger charge is -2.17. The van der Waals surface area contributed by atoms with Crippen molar-refractivity contribution in [3.05, 3.63) is 83.6 Å². The standard InChI is InChI=1S/C26H22N2O2/c1-5-7-23-22(6-2)24(17(3)29)26(30-4)25(28-23)21-14-12-20(13-15-21)19-10-8-18(16-27)9-11-19/h5-15H,2H2,1,3-4H3/b7-5-. The van der Waals surface area contributed by atoms with E-state index in [0.29, 0.717) is 33.8 Å². The number of rotatable bonds is 6. The molecule has 4 nitrogen and oxygen atoms in total. The molecule has 0 aliphatic carbocycles. The molecule has 1 aromatic heterocycles. The molecule has 0 saturated carbocycles. The first kappa shape index (κ1) is 20.8. The van der Waals surface area contributed by atoms with Crippen molar-refractivity contribution in [3.63, 3.8) is 0 Å². The second-order valence-electron chi connectivity index (χ2n) is 6.69. The molecule has 0 radical (unpaired) electrons. The Kier molecular flexibility index (Phi) is 6.24. The molecule has 0 aliphatic rings. The van der Waals surface area contributed by atoms with E-state index in [1.807, 2.05) is 55.5 Å². The van der Waals surface area contributed by atoms with Crippen LogP contribution in [0.3, 0.4) is 0 Å². The van der Waals surface area contributed by atoms with Crippen LogP contribution in [0.4, 0.5) is 0 Å². The molecule has 3 rings (SSSR count). The van der Waals surface area contributed by atoms with Gasteiger partial charge in [-0.3, -0.25) is 4.79 Å². The van der Waals surface area contributed by atoms with Crippen molar-refractivity contribution >= 4 is 17.9 Å². The first-order valence-corrected chi connectivity index (χ1v) is 9.53. The highest BCUT2D eigenvalue weighted by Gasteiger charge is 2.22. The summed E-state index contributed by atoms with van der Waals surface area (Å²) in [6.07, 6.45) is 5.38. The number of nitriles is 1. The maximum Gasteiger partial charge on any atom is 0.164 e. The highest BCUT2D eigenvalue weighted by Crippen LogP contribution is 2.37.